The Morgan fingerprint density at radius 1 is 1.50 bits per heavy atom. The van der Waals surface area contributed by atoms with Crippen LogP contribution < -0.4 is 4.74 Å². The molecule has 0 bridgehead atoms. The van der Waals surface area contributed by atoms with Gasteiger partial charge in [0.05, 0.1) is 7.11 Å². The zero-order valence-electron chi connectivity index (χ0n) is 6.89. The Labute approximate surface area is 70.2 Å². The van der Waals surface area contributed by atoms with Crippen LogP contribution in [0.15, 0.2) is 12.1 Å². The molecule has 1 rings (SSSR count). The van der Waals surface area contributed by atoms with Crippen LogP contribution in [0.3, 0.4) is 0 Å². The van der Waals surface area contributed by atoms with E-state index in [4.69, 9.17) is 10.00 Å². The van der Waals surface area contributed by atoms with E-state index in [1.54, 1.807) is 19.1 Å². The maximum absolute atomic E-state index is 12.9. The van der Waals surface area contributed by atoms with Gasteiger partial charge >= 0.3 is 0 Å². The van der Waals surface area contributed by atoms with Crippen LogP contribution in [0.4, 0.5) is 4.39 Å². The number of hydrogen-bond donors (Lipinski definition) is 0. The Morgan fingerprint density at radius 3 is 2.58 bits per heavy atom. The SMILES string of the molecule is COc1c(C)ccc(F)c1C#N. The van der Waals surface area contributed by atoms with Crippen LogP contribution in [-0.2, 0) is 0 Å². The number of benzene rings is 1. The summed E-state index contributed by atoms with van der Waals surface area (Å²) in [6.07, 6.45) is 0. The standard InChI is InChI=1S/C9H8FNO/c1-6-3-4-8(10)7(5-11)9(6)12-2/h3-4H,1-2H3. The average molecular weight is 165 g/mol. The van der Waals surface area contributed by atoms with Crippen molar-refractivity contribution in [3.63, 3.8) is 0 Å². The van der Waals surface area contributed by atoms with Crippen molar-refractivity contribution in [2.45, 2.75) is 6.92 Å². The Bertz CT molecular complexity index is 341. The molecular weight excluding hydrogens is 157 g/mol. The van der Waals surface area contributed by atoms with Gasteiger partial charge in [0.15, 0.2) is 0 Å². The highest BCUT2D eigenvalue weighted by Gasteiger charge is 2.10. The summed E-state index contributed by atoms with van der Waals surface area (Å²) in [7, 11) is 1.42. The van der Waals surface area contributed by atoms with Gasteiger partial charge in [-0.2, -0.15) is 5.26 Å². The van der Waals surface area contributed by atoms with Crippen LogP contribution in [0.1, 0.15) is 11.1 Å². The van der Waals surface area contributed by atoms with E-state index in [0.717, 1.165) is 5.56 Å². The van der Waals surface area contributed by atoms with E-state index in [1.807, 2.05) is 0 Å². The molecule has 0 aliphatic heterocycles. The van der Waals surface area contributed by atoms with E-state index >= 15 is 0 Å². The van der Waals surface area contributed by atoms with Gasteiger partial charge in [-0.3, -0.25) is 0 Å². The molecule has 3 heteroatoms. The van der Waals surface area contributed by atoms with Crippen molar-refractivity contribution in [2.75, 3.05) is 7.11 Å². The molecule has 0 radical (unpaired) electrons. The van der Waals surface area contributed by atoms with Crippen LogP contribution in [0, 0.1) is 24.1 Å². The van der Waals surface area contributed by atoms with E-state index in [0.29, 0.717) is 5.75 Å². The van der Waals surface area contributed by atoms with E-state index in [1.165, 1.54) is 13.2 Å². The molecule has 1 aromatic rings. The van der Waals surface area contributed by atoms with Crippen molar-refractivity contribution in [1.82, 2.24) is 0 Å². The summed E-state index contributed by atoms with van der Waals surface area (Å²) >= 11 is 0. The fourth-order valence-electron chi connectivity index (χ4n) is 1.03. The smallest absolute Gasteiger partial charge is 0.144 e. The Kier molecular flexibility index (Phi) is 2.29. The van der Waals surface area contributed by atoms with Crippen LogP contribution in [-0.4, -0.2) is 7.11 Å². The maximum Gasteiger partial charge on any atom is 0.144 e. The Morgan fingerprint density at radius 2 is 2.17 bits per heavy atom. The van der Waals surface area contributed by atoms with E-state index in [-0.39, 0.29) is 5.56 Å². The van der Waals surface area contributed by atoms with Gasteiger partial charge in [0.2, 0.25) is 0 Å². The first-order chi connectivity index (χ1) is 5.70. The lowest BCUT2D eigenvalue weighted by Gasteiger charge is -2.05. The van der Waals surface area contributed by atoms with E-state index in [9.17, 15) is 4.39 Å². The van der Waals surface area contributed by atoms with Crippen molar-refractivity contribution in [1.29, 1.82) is 5.26 Å². The minimum Gasteiger partial charge on any atom is -0.495 e. The number of ether oxygens (including phenoxy) is 1. The van der Waals surface area contributed by atoms with Crippen LogP contribution in [0.5, 0.6) is 5.75 Å². The van der Waals surface area contributed by atoms with Crippen LogP contribution in [0.25, 0.3) is 0 Å². The summed E-state index contributed by atoms with van der Waals surface area (Å²) in [6.45, 7) is 1.76. The number of aryl methyl sites for hydroxylation is 1. The van der Waals surface area contributed by atoms with Crippen LogP contribution >= 0.6 is 0 Å². The predicted molar refractivity (Wildman–Crippen MR) is 42.4 cm³/mol. The molecule has 0 saturated carbocycles. The minimum absolute atomic E-state index is 0.0301. The Balaban J connectivity index is 3.41. The second-order valence-electron chi connectivity index (χ2n) is 2.38. The largest absolute Gasteiger partial charge is 0.495 e. The number of halogens is 1. The van der Waals surface area contributed by atoms with Crippen molar-refractivity contribution >= 4 is 0 Å². The molecule has 1 aromatic carbocycles. The molecular formula is C9H8FNO. The van der Waals surface area contributed by atoms with Gasteiger partial charge in [0.25, 0.3) is 0 Å². The third-order valence-corrected chi connectivity index (χ3v) is 1.62. The predicted octanol–water partition coefficient (Wildman–Crippen LogP) is 2.01. The molecule has 0 fully saturated rings. The molecule has 0 heterocycles. The van der Waals surface area contributed by atoms with E-state index < -0.39 is 5.82 Å². The van der Waals surface area contributed by atoms with Gasteiger partial charge < -0.3 is 4.74 Å². The highest BCUT2D eigenvalue weighted by atomic mass is 19.1. The molecule has 2 nitrogen and oxygen atoms in total. The molecule has 0 atom stereocenters. The summed E-state index contributed by atoms with van der Waals surface area (Å²) in [4.78, 5) is 0. The molecule has 0 N–H and O–H groups in total. The highest BCUT2D eigenvalue weighted by Crippen LogP contribution is 2.24. The van der Waals surface area contributed by atoms with Crippen molar-refractivity contribution in [3.8, 4) is 11.8 Å². The summed E-state index contributed by atoms with van der Waals surface area (Å²) in [5.41, 5.74) is 0.730. The fourth-order valence-corrected chi connectivity index (χ4v) is 1.03. The molecule has 0 aliphatic carbocycles. The topological polar surface area (TPSA) is 33.0 Å². The maximum atomic E-state index is 12.9. The minimum atomic E-state index is -0.542. The first kappa shape index (κ1) is 8.54. The quantitative estimate of drug-likeness (QED) is 0.637. The molecule has 0 spiro atoms. The van der Waals surface area contributed by atoms with E-state index in [2.05, 4.69) is 0 Å². The van der Waals surface area contributed by atoms with Gasteiger partial charge in [-0.25, -0.2) is 4.39 Å². The highest BCUT2D eigenvalue weighted by molar-refractivity contribution is 5.48. The van der Waals surface area contributed by atoms with Crippen molar-refractivity contribution in [3.05, 3.63) is 29.1 Å². The van der Waals surface area contributed by atoms with Gasteiger partial charge in [0, 0.05) is 0 Å². The third kappa shape index (κ3) is 1.24. The molecule has 0 aromatic heterocycles. The summed E-state index contributed by atoms with van der Waals surface area (Å²) in [6, 6.07) is 4.59. The molecule has 0 amide bonds. The first-order valence-corrected chi connectivity index (χ1v) is 3.44. The van der Waals surface area contributed by atoms with Crippen LogP contribution in [0.2, 0.25) is 0 Å². The summed E-state index contributed by atoms with van der Waals surface area (Å²) in [5.74, 6) is -0.225. The lowest BCUT2D eigenvalue weighted by Crippen LogP contribution is -1.94. The molecule has 12 heavy (non-hydrogen) atoms. The van der Waals surface area contributed by atoms with Gasteiger partial charge in [-0.1, -0.05) is 6.07 Å². The number of rotatable bonds is 1. The fraction of sp³-hybridized carbons (Fsp3) is 0.222. The lowest BCUT2D eigenvalue weighted by molar-refractivity contribution is 0.406. The monoisotopic (exact) mass is 165 g/mol. The Hall–Kier alpha value is -1.56. The third-order valence-electron chi connectivity index (χ3n) is 1.62. The van der Waals surface area contributed by atoms with Crippen molar-refractivity contribution in [2.24, 2.45) is 0 Å². The molecule has 62 valence electrons. The first-order valence-electron chi connectivity index (χ1n) is 3.44. The number of nitrogens with zero attached hydrogens (tertiary/aromatic N) is 1. The number of methoxy groups -OCH3 is 1. The second-order valence-corrected chi connectivity index (χ2v) is 2.38. The van der Waals surface area contributed by atoms with Gasteiger partial charge in [0.1, 0.15) is 23.2 Å². The average Bonchev–Trinajstić information content (AvgIpc) is 2.08. The normalized spacial score (nSPS) is 9.17. The van der Waals surface area contributed by atoms with Gasteiger partial charge in [-0.15, -0.1) is 0 Å². The van der Waals surface area contributed by atoms with Crippen molar-refractivity contribution < 1.29 is 9.13 Å². The summed E-state index contributed by atoms with van der Waals surface area (Å²) in [5, 5.41) is 8.58. The number of nitriles is 1. The molecule has 0 saturated heterocycles. The molecule has 0 unspecified atom stereocenters. The second kappa shape index (κ2) is 3.22. The summed E-state index contributed by atoms with van der Waals surface area (Å²) < 4.78 is 17.8. The zero-order valence-corrected chi connectivity index (χ0v) is 6.89. The lowest BCUT2D eigenvalue weighted by atomic mass is 10.1. The number of hydrogen-bond acceptors (Lipinski definition) is 2. The van der Waals surface area contributed by atoms with Gasteiger partial charge in [-0.05, 0) is 18.6 Å². The zero-order chi connectivity index (χ0) is 9.14. The molecule has 0 aliphatic rings.